The Morgan fingerprint density at radius 1 is 1.05 bits per heavy atom. The van der Waals surface area contributed by atoms with Crippen LogP contribution in [0.5, 0.6) is 0 Å². The zero-order chi connectivity index (χ0) is 17.3. The average molecular weight is 289 g/mol. The number of nitrogens with one attached hydrogen (secondary N) is 2. The van der Waals surface area contributed by atoms with Gasteiger partial charge >= 0.3 is 1.43 Å². The summed E-state index contributed by atoms with van der Waals surface area (Å²) in [5.74, 6) is 0. The van der Waals surface area contributed by atoms with Crippen LogP contribution in [0, 0.1) is 5.41 Å². The molecule has 0 atom stereocenters. The van der Waals surface area contributed by atoms with Crippen molar-refractivity contribution >= 4 is 13.3 Å². The predicted octanol–water partition coefficient (Wildman–Crippen LogP) is 2.11. The summed E-state index contributed by atoms with van der Waals surface area (Å²) in [6, 6.07) is 0. The Kier molecular flexibility index (Phi) is 102. The molecule has 3 N–H and O–H groups in total. The second-order valence-corrected chi connectivity index (χ2v) is 4.51. The minimum absolute atomic E-state index is 0. The highest BCUT2D eigenvalue weighted by molar-refractivity contribution is 5.32. The first-order valence-corrected chi connectivity index (χ1v) is 5.60. The molecule has 126 valence electrons. The van der Waals surface area contributed by atoms with Crippen molar-refractivity contribution in [1.29, 1.82) is 0 Å². The lowest BCUT2D eigenvalue weighted by molar-refractivity contribution is -0.122. The third kappa shape index (κ3) is 4000. The van der Waals surface area contributed by atoms with E-state index >= 15 is 0 Å². The molecule has 0 amide bonds. The normalized spacial score (nSPS) is 6.84. The minimum Gasteiger partial charge on any atom is -0.483 e. The quantitative estimate of drug-likeness (QED) is 0.592. The maximum Gasteiger partial charge on any atom is 1.00 e. The molecule has 6 nitrogen and oxygen atoms in total. The molecule has 19 heavy (non-hydrogen) atoms. The molecule has 0 fully saturated rings. The van der Waals surface area contributed by atoms with Crippen molar-refractivity contribution in [2.24, 2.45) is 5.41 Å². The molecule has 0 aromatic carbocycles. The number of carboxylic acid groups (broad SMARTS) is 1. The van der Waals surface area contributed by atoms with Crippen LogP contribution in [0.1, 0.15) is 32.0 Å². The smallest absolute Gasteiger partial charge is 0.483 e. The van der Waals surface area contributed by atoms with Gasteiger partial charge in [-0.05, 0) is 33.6 Å². The lowest BCUT2D eigenvalue weighted by Gasteiger charge is -2.05. The Morgan fingerprint density at radius 3 is 1.05 bits per heavy atom. The minimum atomic E-state index is -0.250. The Labute approximate surface area is 124 Å². The third-order valence-corrected chi connectivity index (χ3v) is 0. The molecule has 0 aliphatic rings. The predicted molar refractivity (Wildman–Crippen MR) is 89.2 cm³/mol. The van der Waals surface area contributed by atoms with Gasteiger partial charge in [0.15, 0.2) is 0 Å². The summed E-state index contributed by atoms with van der Waals surface area (Å²) in [6.45, 7) is 10.5. The van der Waals surface area contributed by atoms with Gasteiger partial charge in [-0.1, -0.05) is 27.7 Å². The molecule has 0 saturated carbocycles. The van der Waals surface area contributed by atoms with Gasteiger partial charge in [-0.25, -0.2) is 0 Å². The summed E-state index contributed by atoms with van der Waals surface area (Å²) in [5.41, 5.74) is 0.500. The SMILES string of the molecule is C=O.CC(C)(C)C.CNC.CNC.COC.O=CO.[H+].[HH].[HH]. The van der Waals surface area contributed by atoms with Crippen LogP contribution in [0.4, 0.5) is 0 Å². The van der Waals surface area contributed by atoms with Gasteiger partial charge in [0.2, 0.25) is 0 Å². The zero-order valence-electron chi connectivity index (χ0n) is 15.5. The number of ether oxygens (including phenoxy) is 1. The Balaban J connectivity index is -0.0000000131. The third-order valence-electron chi connectivity index (χ3n) is 0. The van der Waals surface area contributed by atoms with E-state index in [1.807, 2.05) is 35.0 Å². The van der Waals surface area contributed by atoms with Gasteiger partial charge in [-0.3, -0.25) is 4.79 Å². The molecule has 6 heteroatoms. The van der Waals surface area contributed by atoms with Gasteiger partial charge in [0.1, 0.15) is 6.79 Å². The van der Waals surface area contributed by atoms with Crippen molar-refractivity contribution in [2.45, 2.75) is 27.7 Å². The molecule has 0 bridgehead atoms. The second-order valence-electron chi connectivity index (χ2n) is 4.51. The molecule has 0 aromatic heterocycles. The number of methoxy groups -OCH3 is 1. The van der Waals surface area contributed by atoms with Crippen LogP contribution in [0.3, 0.4) is 0 Å². The van der Waals surface area contributed by atoms with E-state index in [0.717, 1.165) is 0 Å². The van der Waals surface area contributed by atoms with Crippen molar-refractivity contribution < 1.29 is 23.7 Å². The highest BCUT2D eigenvalue weighted by Crippen LogP contribution is 2.07. The summed E-state index contributed by atoms with van der Waals surface area (Å²) in [4.78, 5) is 16.4. The van der Waals surface area contributed by atoms with E-state index in [-0.39, 0.29) is 10.8 Å². The van der Waals surface area contributed by atoms with Gasteiger partial charge in [-0.2, -0.15) is 0 Å². The Bertz CT molecular complexity index is 109. The molecule has 0 rings (SSSR count). The molecule has 0 saturated heterocycles. The van der Waals surface area contributed by atoms with E-state index in [9.17, 15) is 0 Å². The van der Waals surface area contributed by atoms with E-state index in [0.29, 0.717) is 5.41 Å². The van der Waals surface area contributed by atoms with Crippen LogP contribution in [0.15, 0.2) is 0 Å². The van der Waals surface area contributed by atoms with Crippen molar-refractivity contribution in [3.8, 4) is 0 Å². The first-order valence-electron chi connectivity index (χ1n) is 5.60. The highest BCUT2D eigenvalue weighted by atomic mass is 16.4. The topological polar surface area (TPSA) is 87.7 Å². The fraction of sp³-hybridized carbons (Fsp3) is 0.846. The van der Waals surface area contributed by atoms with Crippen LogP contribution in [0.2, 0.25) is 0 Å². The summed E-state index contributed by atoms with van der Waals surface area (Å²) in [6.07, 6.45) is 0. The van der Waals surface area contributed by atoms with Crippen LogP contribution in [-0.2, 0) is 14.3 Å². The number of carbonyl (C=O) groups is 2. The highest BCUT2D eigenvalue weighted by Gasteiger charge is 1.95. The molecule has 0 radical (unpaired) electrons. The maximum atomic E-state index is 8.36. The van der Waals surface area contributed by atoms with E-state index in [1.165, 1.54) is 0 Å². The standard InChI is InChI=1S/C5H12.2C2H7N.C2H6O.CH2O2.CH2O.2H2/c1-5(2,3)4;3*1-3-2;2-1-3;1-2;;/h1-4H3;2*3H,1-2H3;1-2H3;1H,(H,2,3);1H2;2*1H/p+1. The van der Waals surface area contributed by atoms with Crippen LogP contribution >= 0.6 is 0 Å². The van der Waals surface area contributed by atoms with Crippen molar-refractivity contribution in [3.63, 3.8) is 0 Å². The monoisotopic (exact) mass is 289 g/mol. The van der Waals surface area contributed by atoms with E-state index in [1.54, 1.807) is 14.2 Å². The van der Waals surface area contributed by atoms with Gasteiger partial charge in [0.05, 0.1) is 0 Å². The Hall–Kier alpha value is -0.980. The molecule has 0 unspecified atom stereocenters. The number of rotatable bonds is 0. The van der Waals surface area contributed by atoms with E-state index < -0.39 is 0 Å². The summed E-state index contributed by atoms with van der Waals surface area (Å²) in [5, 5.41) is 12.4. The van der Waals surface area contributed by atoms with Crippen LogP contribution < -0.4 is 10.6 Å². The first-order chi connectivity index (χ1) is 8.66. The number of carbonyl (C=O) groups excluding carboxylic acids is 1. The molecular weight excluding hydrogens is 248 g/mol. The van der Waals surface area contributed by atoms with Crippen molar-refractivity contribution in [3.05, 3.63) is 0 Å². The average Bonchev–Trinajstić information content (AvgIpc) is 2.22. The van der Waals surface area contributed by atoms with Crippen molar-refractivity contribution in [2.75, 3.05) is 42.4 Å². The first kappa shape index (κ1) is 36.1. The summed E-state index contributed by atoms with van der Waals surface area (Å²) >= 11 is 0. The van der Waals surface area contributed by atoms with Crippen LogP contribution in [0.25, 0.3) is 0 Å². The van der Waals surface area contributed by atoms with Gasteiger partial charge in [-0.15, -0.1) is 0 Å². The lowest BCUT2D eigenvalue weighted by atomic mass is 10.0. The molecular formula is C13H41N2O4+. The molecule has 0 heterocycles. The summed E-state index contributed by atoms with van der Waals surface area (Å²) in [7, 11) is 10.8. The molecule has 0 spiro atoms. The fourth-order valence-corrected chi connectivity index (χ4v) is 0. The zero-order valence-corrected chi connectivity index (χ0v) is 14.5. The molecule has 0 aliphatic heterocycles. The number of hydrogen-bond acceptors (Lipinski definition) is 5. The van der Waals surface area contributed by atoms with Gasteiger partial charge in [0, 0.05) is 17.1 Å². The van der Waals surface area contributed by atoms with Gasteiger partial charge < -0.3 is 25.3 Å². The lowest BCUT2D eigenvalue weighted by Crippen LogP contribution is -1.93. The van der Waals surface area contributed by atoms with E-state index in [2.05, 4.69) is 43.1 Å². The second kappa shape index (κ2) is 53.7. The fourth-order valence-electron chi connectivity index (χ4n) is 0. The summed E-state index contributed by atoms with van der Waals surface area (Å²) < 4.78 is 4.25. The molecule has 0 aliphatic carbocycles. The largest absolute Gasteiger partial charge is 1.00 e. The number of hydrogen-bond donors (Lipinski definition) is 3. The van der Waals surface area contributed by atoms with Crippen LogP contribution in [-0.4, -0.2) is 60.8 Å². The van der Waals surface area contributed by atoms with E-state index in [4.69, 9.17) is 14.7 Å². The van der Waals surface area contributed by atoms with Gasteiger partial charge in [0.25, 0.3) is 6.47 Å². The maximum absolute atomic E-state index is 8.36. The molecule has 0 aromatic rings. The van der Waals surface area contributed by atoms with Crippen molar-refractivity contribution in [1.82, 2.24) is 10.6 Å². The Morgan fingerprint density at radius 2 is 1.05 bits per heavy atom.